The summed E-state index contributed by atoms with van der Waals surface area (Å²) in [7, 11) is 1.78. The molecule has 0 atom stereocenters. The van der Waals surface area contributed by atoms with Gasteiger partial charge in [-0.1, -0.05) is 6.92 Å². The molecular weight excluding hydrogens is 214 g/mol. The first kappa shape index (κ1) is 11.7. The Bertz CT molecular complexity index is 327. The normalized spacial score (nSPS) is 10.0. The fourth-order valence-electron chi connectivity index (χ4n) is 0.985. The molecule has 1 rings (SSSR count). The molecule has 7 heteroatoms. The standard InChI is InChI=1S/C8H15N5OS/c1-3-4-10-6(14)5-13(2)8-11-7(9)12-15-8/h3-5H2,1-2H3,(H2,9,12)(H,10,14). The Labute approximate surface area is 92.7 Å². The Hall–Kier alpha value is -1.37. The van der Waals surface area contributed by atoms with Crippen LogP contribution < -0.4 is 16.0 Å². The first-order chi connectivity index (χ1) is 7.13. The van der Waals surface area contributed by atoms with Gasteiger partial charge in [0.05, 0.1) is 6.54 Å². The molecule has 0 unspecified atom stereocenters. The molecule has 0 aliphatic rings. The molecular formula is C8H15N5OS. The average Bonchev–Trinajstić information content (AvgIpc) is 2.61. The van der Waals surface area contributed by atoms with Crippen molar-refractivity contribution in [3.8, 4) is 0 Å². The van der Waals surface area contributed by atoms with Crippen molar-refractivity contribution in [2.75, 3.05) is 30.8 Å². The Kier molecular flexibility index (Phi) is 4.29. The predicted molar refractivity (Wildman–Crippen MR) is 60.9 cm³/mol. The Morgan fingerprint density at radius 1 is 1.67 bits per heavy atom. The summed E-state index contributed by atoms with van der Waals surface area (Å²) < 4.78 is 3.84. The second-order valence-corrected chi connectivity index (χ2v) is 3.87. The van der Waals surface area contributed by atoms with E-state index in [1.807, 2.05) is 6.92 Å². The fourth-order valence-corrected chi connectivity index (χ4v) is 1.54. The van der Waals surface area contributed by atoms with E-state index in [4.69, 9.17) is 5.73 Å². The molecule has 15 heavy (non-hydrogen) atoms. The molecule has 84 valence electrons. The maximum atomic E-state index is 11.4. The van der Waals surface area contributed by atoms with E-state index in [9.17, 15) is 4.79 Å². The minimum atomic E-state index is -0.0203. The van der Waals surface area contributed by atoms with Gasteiger partial charge < -0.3 is 16.0 Å². The van der Waals surface area contributed by atoms with Crippen molar-refractivity contribution in [2.24, 2.45) is 0 Å². The van der Waals surface area contributed by atoms with E-state index in [-0.39, 0.29) is 18.4 Å². The van der Waals surface area contributed by atoms with Crippen molar-refractivity contribution in [3.05, 3.63) is 0 Å². The molecule has 3 N–H and O–H groups in total. The number of carbonyl (C=O) groups excluding carboxylic acids is 1. The lowest BCUT2D eigenvalue weighted by Gasteiger charge is -2.14. The second-order valence-electron chi connectivity index (χ2n) is 3.14. The highest BCUT2D eigenvalue weighted by Gasteiger charge is 2.10. The summed E-state index contributed by atoms with van der Waals surface area (Å²) in [6.45, 7) is 2.98. The lowest BCUT2D eigenvalue weighted by molar-refractivity contribution is -0.119. The van der Waals surface area contributed by atoms with Gasteiger partial charge >= 0.3 is 0 Å². The summed E-state index contributed by atoms with van der Waals surface area (Å²) in [5.41, 5.74) is 5.39. The van der Waals surface area contributed by atoms with Gasteiger partial charge in [0.15, 0.2) is 0 Å². The zero-order valence-electron chi connectivity index (χ0n) is 8.86. The number of likely N-dealkylation sites (N-methyl/N-ethyl adjacent to an activating group) is 1. The number of hydrogen-bond donors (Lipinski definition) is 2. The minimum absolute atomic E-state index is 0.0203. The monoisotopic (exact) mass is 229 g/mol. The molecule has 1 amide bonds. The first-order valence-corrected chi connectivity index (χ1v) is 5.47. The molecule has 1 aromatic heterocycles. The van der Waals surface area contributed by atoms with Crippen molar-refractivity contribution in [1.29, 1.82) is 0 Å². The van der Waals surface area contributed by atoms with Gasteiger partial charge in [-0.3, -0.25) is 4.79 Å². The molecule has 0 fully saturated rings. The van der Waals surface area contributed by atoms with Crippen LogP contribution in [-0.4, -0.2) is 35.4 Å². The highest BCUT2D eigenvalue weighted by atomic mass is 32.1. The highest BCUT2D eigenvalue weighted by molar-refractivity contribution is 7.09. The van der Waals surface area contributed by atoms with Crippen molar-refractivity contribution in [3.63, 3.8) is 0 Å². The zero-order valence-corrected chi connectivity index (χ0v) is 9.67. The molecule has 0 bridgehead atoms. The third-order valence-electron chi connectivity index (χ3n) is 1.71. The number of rotatable bonds is 5. The number of hydrogen-bond acceptors (Lipinski definition) is 6. The number of anilines is 2. The Morgan fingerprint density at radius 3 is 2.93 bits per heavy atom. The smallest absolute Gasteiger partial charge is 0.239 e. The molecule has 0 radical (unpaired) electrons. The largest absolute Gasteiger partial charge is 0.367 e. The van der Waals surface area contributed by atoms with Crippen LogP contribution in [0.15, 0.2) is 0 Å². The third kappa shape index (κ3) is 3.70. The van der Waals surface area contributed by atoms with Crippen molar-refractivity contribution in [2.45, 2.75) is 13.3 Å². The van der Waals surface area contributed by atoms with Gasteiger partial charge in [0.2, 0.25) is 17.0 Å². The maximum absolute atomic E-state index is 11.4. The SMILES string of the molecule is CCCNC(=O)CN(C)c1nc(N)ns1. The Morgan fingerprint density at radius 2 is 2.40 bits per heavy atom. The van der Waals surface area contributed by atoms with Gasteiger partial charge in [0.1, 0.15) is 0 Å². The van der Waals surface area contributed by atoms with E-state index < -0.39 is 0 Å². The molecule has 1 heterocycles. The molecule has 0 saturated heterocycles. The first-order valence-electron chi connectivity index (χ1n) is 4.70. The third-order valence-corrected chi connectivity index (χ3v) is 2.56. The fraction of sp³-hybridized carbons (Fsp3) is 0.625. The molecule has 0 aliphatic heterocycles. The molecule has 0 saturated carbocycles. The number of carbonyl (C=O) groups is 1. The van der Waals surface area contributed by atoms with Gasteiger partial charge in [0, 0.05) is 25.1 Å². The van der Waals surface area contributed by atoms with Crippen LogP contribution >= 0.6 is 11.5 Å². The summed E-state index contributed by atoms with van der Waals surface area (Å²) in [6.07, 6.45) is 0.932. The van der Waals surface area contributed by atoms with Crippen LogP contribution in [-0.2, 0) is 4.79 Å². The summed E-state index contributed by atoms with van der Waals surface area (Å²) in [5, 5.41) is 3.44. The maximum Gasteiger partial charge on any atom is 0.239 e. The second kappa shape index (κ2) is 5.50. The van der Waals surface area contributed by atoms with Crippen LogP contribution in [0, 0.1) is 0 Å². The lowest BCUT2D eigenvalue weighted by atomic mass is 10.4. The topological polar surface area (TPSA) is 84.1 Å². The lowest BCUT2D eigenvalue weighted by Crippen LogP contribution is -2.35. The predicted octanol–water partition coefficient (Wildman–Crippen LogP) is 0.0827. The van der Waals surface area contributed by atoms with E-state index in [0.29, 0.717) is 11.7 Å². The van der Waals surface area contributed by atoms with Gasteiger partial charge in [-0.25, -0.2) is 0 Å². The Balaban J connectivity index is 2.41. The number of nitrogens with one attached hydrogen (secondary N) is 1. The number of nitrogens with zero attached hydrogens (tertiary/aromatic N) is 3. The molecule has 0 spiro atoms. The van der Waals surface area contributed by atoms with Gasteiger partial charge in [0.25, 0.3) is 0 Å². The number of aromatic nitrogens is 2. The average molecular weight is 229 g/mol. The molecule has 0 aromatic carbocycles. The van der Waals surface area contributed by atoms with Gasteiger partial charge in [-0.2, -0.15) is 9.36 Å². The number of nitrogen functional groups attached to an aromatic ring is 1. The van der Waals surface area contributed by atoms with E-state index in [1.165, 1.54) is 11.5 Å². The minimum Gasteiger partial charge on any atom is -0.367 e. The van der Waals surface area contributed by atoms with Crippen LogP contribution in [0.2, 0.25) is 0 Å². The van der Waals surface area contributed by atoms with E-state index in [2.05, 4.69) is 14.7 Å². The number of nitrogens with two attached hydrogens (primary N) is 1. The van der Waals surface area contributed by atoms with Crippen LogP contribution in [0.25, 0.3) is 0 Å². The van der Waals surface area contributed by atoms with Crippen LogP contribution in [0.3, 0.4) is 0 Å². The van der Waals surface area contributed by atoms with Gasteiger partial charge in [-0.05, 0) is 6.42 Å². The number of amides is 1. The van der Waals surface area contributed by atoms with Crippen molar-refractivity contribution < 1.29 is 4.79 Å². The molecule has 6 nitrogen and oxygen atoms in total. The van der Waals surface area contributed by atoms with Crippen LogP contribution in [0.4, 0.5) is 11.1 Å². The zero-order chi connectivity index (χ0) is 11.3. The van der Waals surface area contributed by atoms with Crippen LogP contribution in [0.5, 0.6) is 0 Å². The summed E-state index contributed by atoms with van der Waals surface area (Å²) in [4.78, 5) is 17.1. The van der Waals surface area contributed by atoms with Crippen molar-refractivity contribution >= 4 is 28.5 Å². The molecule has 1 aromatic rings. The highest BCUT2D eigenvalue weighted by Crippen LogP contribution is 2.15. The van der Waals surface area contributed by atoms with E-state index >= 15 is 0 Å². The van der Waals surface area contributed by atoms with Gasteiger partial charge in [-0.15, -0.1) is 0 Å². The molecule has 0 aliphatic carbocycles. The summed E-state index contributed by atoms with van der Waals surface area (Å²) in [6, 6.07) is 0. The van der Waals surface area contributed by atoms with Crippen molar-refractivity contribution in [1.82, 2.24) is 14.7 Å². The van der Waals surface area contributed by atoms with Crippen LogP contribution in [0.1, 0.15) is 13.3 Å². The summed E-state index contributed by atoms with van der Waals surface area (Å²) >= 11 is 1.18. The quantitative estimate of drug-likeness (QED) is 0.747. The summed E-state index contributed by atoms with van der Waals surface area (Å²) in [5.74, 6) is 0.226. The van der Waals surface area contributed by atoms with E-state index in [0.717, 1.165) is 6.42 Å². The van der Waals surface area contributed by atoms with E-state index in [1.54, 1.807) is 11.9 Å².